The molecule has 0 aromatic heterocycles. The van der Waals surface area contributed by atoms with Gasteiger partial charge in [0.15, 0.2) is 0 Å². The molecule has 17 heavy (non-hydrogen) atoms. The summed E-state index contributed by atoms with van der Waals surface area (Å²) in [5.41, 5.74) is 1.07. The summed E-state index contributed by atoms with van der Waals surface area (Å²) in [6.07, 6.45) is 2.43. The van der Waals surface area contributed by atoms with Gasteiger partial charge in [-0.3, -0.25) is 4.90 Å². The second kappa shape index (κ2) is 5.52. The van der Waals surface area contributed by atoms with Crippen LogP contribution in [0.5, 0.6) is 5.75 Å². The fraction of sp³-hybridized carbons (Fsp3) is 0.462. The highest BCUT2D eigenvalue weighted by molar-refractivity contribution is 6.32. The van der Waals surface area contributed by atoms with Crippen molar-refractivity contribution >= 4 is 17.9 Å². The molecule has 0 atom stereocenters. The number of carbonyl (C=O) groups excluding carboxylic acids is 1. The molecule has 1 fully saturated rings. The van der Waals surface area contributed by atoms with Crippen LogP contribution >= 0.6 is 11.6 Å². The molecule has 1 aliphatic rings. The van der Waals surface area contributed by atoms with Gasteiger partial charge in [0.05, 0.1) is 5.02 Å². The van der Waals surface area contributed by atoms with Crippen LogP contribution in [0.4, 0.5) is 0 Å². The first-order chi connectivity index (χ1) is 8.19. The van der Waals surface area contributed by atoms with Gasteiger partial charge in [-0.2, -0.15) is 0 Å². The number of nitrogens with zero attached hydrogens (tertiary/aromatic N) is 1. The van der Waals surface area contributed by atoms with Crippen molar-refractivity contribution < 1.29 is 9.53 Å². The number of hydrogen-bond donors (Lipinski definition) is 0. The zero-order chi connectivity index (χ0) is 12.3. The number of likely N-dealkylation sites (tertiary alicyclic amines) is 1. The second-order valence-corrected chi connectivity index (χ2v) is 4.84. The Balaban J connectivity index is 1.96. The van der Waals surface area contributed by atoms with Gasteiger partial charge in [0.2, 0.25) is 0 Å². The third-order valence-electron chi connectivity index (χ3n) is 2.87. The number of carbonyl (C=O) groups is 1. The standard InChI is InChI=1S/C13H16ClNO2/c1-15-8-11(9-15)17-13-5-4-10(3-2-6-16)7-12(13)14/h4-7,11H,2-3,8-9H2,1H3. The van der Waals surface area contributed by atoms with Crippen LogP contribution in [-0.2, 0) is 11.2 Å². The average Bonchev–Trinajstić information content (AvgIpc) is 2.27. The Hall–Kier alpha value is -1.06. The van der Waals surface area contributed by atoms with Gasteiger partial charge in [0, 0.05) is 19.5 Å². The molecule has 1 saturated heterocycles. The van der Waals surface area contributed by atoms with Crippen molar-refractivity contribution in [1.82, 2.24) is 4.90 Å². The van der Waals surface area contributed by atoms with Gasteiger partial charge in [-0.05, 0) is 31.2 Å². The molecule has 0 bridgehead atoms. The van der Waals surface area contributed by atoms with E-state index >= 15 is 0 Å². The first-order valence-electron chi connectivity index (χ1n) is 5.76. The summed E-state index contributed by atoms with van der Waals surface area (Å²) in [5.74, 6) is 0.736. The lowest BCUT2D eigenvalue weighted by molar-refractivity contribution is -0.107. The van der Waals surface area contributed by atoms with Crippen molar-refractivity contribution in [1.29, 1.82) is 0 Å². The molecule has 2 rings (SSSR count). The minimum Gasteiger partial charge on any atom is -0.486 e. The van der Waals surface area contributed by atoms with Crippen LogP contribution in [0.1, 0.15) is 12.0 Å². The molecule has 0 spiro atoms. The van der Waals surface area contributed by atoms with E-state index in [9.17, 15) is 4.79 Å². The van der Waals surface area contributed by atoms with Crippen LogP contribution < -0.4 is 4.74 Å². The molecule has 1 heterocycles. The molecule has 0 saturated carbocycles. The summed E-state index contributed by atoms with van der Waals surface area (Å²) in [5, 5.41) is 0.628. The van der Waals surface area contributed by atoms with E-state index in [0.29, 0.717) is 11.4 Å². The van der Waals surface area contributed by atoms with Crippen molar-refractivity contribution in [2.75, 3.05) is 20.1 Å². The molecule has 92 valence electrons. The van der Waals surface area contributed by atoms with Crippen molar-refractivity contribution in [3.05, 3.63) is 28.8 Å². The predicted molar refractivity (Wildman–Crippen MR) is 67.8 cm³/mol. The number of aldehydes is 1. The summed E-state index contributed by atoms with van der Waals surface area (Å²) in [7, 11) is 2.06. The Morgan fingerprint density at radius 2 is 2.29 bits per heavy atom. The highest BCUT2D eigenvalue weighted by Crippen LogP contribution is 2.28. The first kappa shape index (κ1) is 12.4. The van der Waals surface area contributed by atoms with E-state index in [1.165, 1.54) is 0 Å². The Labute approximate surface area is 106 Å². The lowest BCUT2D eigenvalue weighted by Crippen LogP contribution is -2.51. The molecular formula is C13H16ClNO2. The summed E-state index contributed by atoms with van der Waals surface area (Å²) in [4.78, 5) is 12.5. The molecule has 0 radical (unpaired) electrons. The van der Waals surface area contributed by atoms with Gasteiger partial charge in [-0.15, -0.1) is 0 Å². The minimum absolute atomic E-state index is 0.248. The molecule has 4 heteroatoms. The average molecular weight is 254 g/mol. The number of hydrogen-bond acceptors (Lipinski definition) is 3. The largest absolute Gasteiger partial charge is 0.486 e. The second-order valence-electron chi connectivity index (χ2n) is 4.43. The first-order valence-corrected chi connectivity index (χ1v) is 6.14. The topological polar surface area (TPSA) is 29.5 Å². The maximum atomic E-state index is 10.3. The van der Waals surface area contributed by atoms with Crippen LogP contribution in [0.25, 0.3) is 0 Å². The molecule has 1 aromatic carbocycles. The fourth-order valence-electron chi connectivity index (χ4n) is 1.92. The van der Waals surface area contributed by atoms with Crippen molar-refractivity contribution in [2.45, 2.75) is 18.9 Å². The van der Waals surface area contributed by atoms with E-state index in [2.05, 4.69) is 11.9 Å². The zero-order valence-electron chi connectivity index (χ0n) is 9.86. The molecule has 1 aliphatic heterocycles. The number of aryl methyl sites for hydroxylation is 1. The minimum atomic E-state index is 0.248. The van der Waals surface area contributed by atoms with Crippen molar-refractivity contribution in [2.24, 2.45) is 0 Å². The lowest BCUT2D eigenvalue weighted by atomic mass is 10.1. The number of benzene rings is 1. The molecule has 3 nitrogen and oxygen atoms in total. The van der Waals surface area contributed by atoms with Gasteiger partial charge in [-0.25, -0.2) is 0 Å². The van der Waals surface area contributed by atoms with Crippen LogP contribution in [0.3, 0.4) is 0 Å². The number of ether oxygens (including phenoxy) is 1. The SMILES string of the molecule is CN1CC(Oc2ccc(CCC=O)cc2Cl)C1. The molecule has 0 aliphatic carbocycles. The quantitative estimate of drug-likeness (QED) is 0.754. The van der Waals surface area contributed by atoms with E-state index in [1.807, 2.05) is 18.2 Å². The van der Waals surface area contributed by atoms with Crippen LogP contribution in [0.2, 0.25) is 5.02 Å². The van der Waals surface area contributed by atoms with Gasteiger partial charge in [-0.1, -0.05) is 17.7 Å². The molecule has 0 unspecified atom stereocenters. The van der Waals surface area contributed by atoms with Crippen LogP contribution in [0, 0.1) is 0 Å². The van der Waals surface area contributed by atoms with E-state index in [-0.39, 0.29) is 6.10 Å². The van der Waals surface area contributed by atoms with E-state index in [0.717, 1.165) is 37.1 Å². The number of halogens is 1. The maximum absolute atomic E-state index is 10.3. The van der Waals surface area contributed by atoms with Gasteiger partial charge in [0.1, 0.15) is 18.1 Å². The Morgan fingerprint density at radius 1 is 1.53 bits per heavy atom. The van der Waals surface area contributed by atoms with Crippen LogP contribution in [0.15, 0.2) is 18.2 Å². The fourth-order valence-corrected chi connectivity index (χ4v) is 2.16. The summed E-state index contributed by atoms with van der Waals surface area (Å²) in [6, 6.07) is 5.73. The molecule has 0 N–H and O–H groups in total. The van der Waals surface area contributed by atoms with E-state index in [4.69, 9.17) is 16.3 Å². The smallest absolute Gasteiger partial charge is 0.138 e. The summed E-state index contributed by atoms with van der Waals surface area (Å²) >= 11 is 6.14. The van der Waals surface area contributed by atoms with E-state index in [1.54, 1.807) is 0 Å². The molecule has 1 aromatic rings. The Bertz CT molecular complexity index is 402. The summed E-state index contributed by atoms with van der Waals surface area (Å²) < 4.78 is 5.77. The predicted octanol–water partition coefficient (Wildman–Crippen LogP) is 2.16. The maximum Gasteiger partial charge on any atom is 0.138 e. The zero-order valence-corrected chi connectivity index (χ0v) is 10.6. The Morgan fingerprint density at radius 3 is 2.88 bits per heavy atom. The lowest BCUT2D eigenvalue weighted by Gasteiger charge is -2.36. The van der Waals surface area contributed by atoms with Crippen LogP contribution in [-0.4, -0.2) is 37.4 Å². The molecular weight excluding hydrogens is 238 g/mol. The van der Waals surface area contributed by atoms with Gasteiger partial charge >= 0.3 is 0 Å². The van der Waals surface area contributed by atoms with E-state index < -0.39 is 0 Å². The van der Waals surface area contributed by atoms with Gasteiger partial charge < -0.3 is 9.53 Å². The third kappa shape index (κ3) is 3.20. The third-order valence-corrected chi connectivity index (χ3v) is 3.17. The molecule has 0 amide bonds. The number of likely N-dealkylation sites (N-methyl/N-ethyl adjacent to an activating group) is 1. The normalized spacial score (nSPS) is 16.6. The van der Waals surface area contributed by atoms with Crippen molar-refractivity contribution in [3.8, 4) is 5.75 Å². The highest BCUT2D eigenvalue weighted by Gasteiger charge is 2.25. The van der Waals surface area contributed by atoms with Gasteiger partial charge in [0.25, 0.3) is 0 Å². The summed E-state index contributed by atoms with van der Waals surface area (Å²) in [6.45, 7) is 1.90. The Kier molecular flexibility index (Phi) is 4.02. The highest BCUT2D eigenvalue weighted by atomic mass is 35.5. The monoisotopic (exact) mass is 253 g/mol. The van der Waals surface area contributed by atoms with Crippen molar-refractivity contribution in [3.63, 3.8) is 0 Å². The number of rotatable bonds is 5.